The van der Waals surface area contributed by atoms with Gasteiger partial charge in [0.25, 0.3) is 27.7 Å². The number of hydrogen-bond acceptors (Lipinski definition) is 5. The third-order valence-corrected chi connectivity index (χ3v) is 7.02. The Morgan fingerprint density at radius 3 is 2.48 bits per heavy atom. The summed E-state index contributed by atoms with van der Waals surface area (Å²) >= 11 is 0. The van der Waals surface area contributed by atoms with Crippen molar-refractivity contribution in [1.82, 2.24) is 9.62 Å². The molecule has 150 valence electrons. The number of carbonyl (C=O) groups is 3. The first kappa shape index (κ1) is 19.1. The van der Waals surface area contributed by atoms with Gasteiger partial charge in [-0.15, -0.1) is 0 Å². The second-order valence-corrected chi connectivity index (χ2v) is 8.84. The van der Waals surface area contributed by atoms with Crippen LogP contribution < -0.4 is 10.6 Å². The number of benzene rings is 2. The van der Waals surface area contributed by atoms with Gasteiger partial charge in [0, 0.05) is 29.9 Å². The van der Waals surface area contributed by atoms with Gasteiger partial charge in [-0.2, -0.15) is 0 Å². The molecule has 0 unspecified atom stereocenters. The van der Waals surface area contributed by atoms with Crippen LogP contribution in [-0.4, -0.2) is 43.5 Å². The van der Waals surface area contributed by atoms with E-state index >= 15 is 0 Å². The summed E-state index contributed by atoms with van der Waals surface area (Å²) in [7, 11) is -2.42. The van der Waals surface area contributed by atoms with Gasteiger partial charge in [0.15, 0.2) is 0 Å². The van der Waals surface area contributed by atoms with Crippen molar-refractivity contribution in [3.8, 4) is 0 Å². The lowest BCUT2D eigenvalue weighted by molar-refractivity contribution is 0.0863. The molecule has 3 amide bonds. The van der Waals surface area contributed by atoms with Crippen LogP contribution in [0.25, 0.3) is 0 Å². The standard InChI is InChI=1S/C20H19N3O5S/c1-11-14(19(25)21-2)4-3-5-16(11)22-18(24)12-6-9-15-17(10-12)29(27,28)23(20(15)26)13-7-8-13/h3-6,9-10,13H,7-8H2,1-2H3,(H,21,25)(H,22,24). The molecule has 2 aromatic rings. The van der Waals surface area contributed by atoms with Gasteiger partial charge in [0.1, 0.15) is 4.90 Å². The van der Waals surface area contributed by atoms with E-state index in [1.165, 1.54) is 25.2 Å². The fourth-order valence-electron chi connectivity index (χ4n) is 3.40. The van der Waals surface area contributed by atoms with Gasteiger partial charge in [-0.3, -0.25) is 14.4 Å². The fraction of sp³-hybridized carbons (Fsp3) is 0.250. The minimum Gasteiger partial charge on any atom is -0.355 e. The van der Waals surface area contributed by atoms with Crippen LogP contribution in [0.4, 0.5) is 5.69 Å². The first-order valence-electron chi connectivity index (χ1n) is 9.11. The maximum Gasteiger partial charge on any atom is 0.269 e. The summed E-state index contributed by atoms with van der Waals surface area (Å²) in [5, 5.41) is 5.25. The van der Waals surface area contributed by atoms with Gasteiger partial charge in [0.2, 0.25) is 0 Å². The highest BCUT2D eigenvalue weighted by atomic mass is 32.2. The predicted octanol–water partition coefficient (Wildman–Crippen LogP) is 1.91. The minimum absolute atomic E-state index is 0.0891. The Morgan fingerprint density at radius 2 is 1.83 bits per heavy atom. The van der Waals surface area contributed by atoms with Crippen LogP contribution >= 0.6 is 0 Å². The van der Waals surface area contributed by atoms with Crippen molar-refractivity contribution < 1.29 is 22.8 Å². The molecule has 1 aliphatic heterocycles. The summed E-state index contributed by atoms with van der Waals surface area (Å²) in [6, 6.07) is 8.69. The molecule has 0 saturated heterocycles. The van der Waals surface area contributed by atoms with Gasteiger partial charge in [-0.05, 0) is 55.7 Å². The molecule has 8 nitrogen and oxygen atoms in total. The van der Waals surface area contributed by atoms with E-state index in [-0.39, 0.29) is 28.0 Å². The third kappa shape index (κ3) is 3.07. The normalized spacial score (nSPS) is 17.0. The molecule has 0 atom stereocenters. The summed E-state index contributed by atoms with van der Waals surface area (Å²) in [4.78, 5) is 37.0. The number of nitrogens with one attached hydrogen (secondary N) is 2. The van der Waals surface area contributed by atoms with Crippen molar-refractivity contribution in [3.05, 3.63) is 58.7 Å². The SMILES string of the molecule is CNC(=O)c1cccc(NC(=O)c2ccc3c(c2)S(=O)(=O)N(C2CC2)C3=O)c1C. The zero-order chi connectivity index (χ0) is 20.9. The smallest absolute Gasteiger partial charge is 0.269 e. The molecule has 2 N–H and O–H groups in total. The molecule has 2 aliphatic rings. The Morgan fingerprint density at radius 1 is 1.10 bits per heavy atom. The van der Waals surface area contributed by atoms with Gasteiger partial charge >= 0.3 is 0 Å². The van der Waals surface area contributed by atoms with Crippen molar-refractivity contribution >= 4 is 33.4 Å². The zero-order valence-corrected chi connectivity index (χ0v) is 16.7. The van der Waals surface area contributed by atoms with Crippen LogP contribution in [0.5, 0.6) is 0 Å². The topological polar surface area (TPSA) is 113 Å². The fourth-order valence-corrected chi connectivity index (χ4v) is 5.25. The monoisotopic (exact) mass is 413 g/mol. The molecule has 4 rings (SSSR count). The van der Waals surface area contributed by atoms with E-state index in [0.29, 0.717) is 29.7 Å². The molecule has 1 saturated carbocycles. The maximum absolute atomic E-state index is 12.7. The van der Waals surface area contributed by atoms with Crippen molar-refractivity contribution in [2.75, 3.05) is 12.4 Å². The lowest BCUT2D eigenvalue weighted by Crippen LogP contribution is -2.31. The molecule has 29 heavy (non-hydrogen) atoms. The number of amides is 3. The first-order chi connectivity index (χ1) is 13.8. The molecule has 1 heterocycles. The maximum atomic E-state index is 12.7. The minimum atomic E-state index is -3.94. The number of anilines is 1. The highest BCUT2D eigenvalue weighted by Crippen LogP contribution is 2.39. The molecule has 0 spiro atoms. The van der Waals surface area contributed by atoms with E-state index < -0.39 is 21.8 Å². The van der Waals surface area contributed by atoms with E-state index in [1.807, 2.05) is 0 Å². The first-order valence-corrected chi connectivity index (χ1v) is 10.6. The van der Waals surface area contributed by atoms with Gasteiger partial charge < -0.3 is 10.6 Å². The molecule has 0 aromatic heterocycles. The lowest BCUT2D eigenvalue weighted by atomic mass is 10.1. The zero-order valence-electron chi connectivity index (χ0n) is 15.9. The summed E-state index contributed by atoms with van der Waals surface area (Å²) in [5.74, 6) is -1.35. The highest BCUT2D eigenvalue weighted by Gasteiger charge is 2.48. The Labute approximate surface area is 168 Å². The van der Waals surface area contributed by atoms with Crippen LogP contribution in [0, 0.1) is 6.92 Å². The largest absolute Gasteiger partial charge is 0.355 e. The van der Waals surface area contributed by atoms with Crippen LogP contribution in [-0.2, 0) is 10.0 Å². The quantitative estimate of drug-likeness (QED) is 0.795. The van der Waals surface area contributed by atoms with Crippen LogP contribution in [0.1, 0.15) is 49.5 Å². The Hall–Kier alpha value is -3.20. The van der Waals surface area contributed by atoms with Crippen molar-refractivity contribution in [2.45, 2.75) is 30.7 Å². The van der Waals surface area contributed by atoms with Gasteiger partial charge in [0.05, 0.1) is 5.56 Å². The molecule has 0 bridgehead atoms. The van der Waals surface area contributed by atoms with Crippen LogP contribution in [0.3, 0.4) is 0 Å². The molecule has 1 fully saturated rings. The number of sulfonamides is 1. The average molecular weight is 413 g/mol. The van der Waals surface area contributed by atoms with Crippen molar-refractivity contribution in [3.63, 3.8) is 0 Å². The Balaban J connectivity index is 1.65. The molecular formula is C20H19N3O5S. The Kier molecular flexibility index (Phi) is 4.42. The number of rotatable bonds is 4. The molecule has 1 aliphatic carbocycles. The van der Waals surface area contributed by atoms with Gasteiger partial charge in [-0.25, -0.2) is 12.7 Å². The second-order valence-electron chi connectivity index (χ2n) is 7.06. The third-order valence-electron chi connectivity index (χ3n) is 5.14. The molecule has 9 heteroatoms. The summed E-state index contributed by atoms with van der Waals surface area (Å²) in [6.45, 7) is 1.71. The van der Waals surface area contributed by atoms with Crippen molar-refractivity contribution in [1.29, 1.82) is 0 Å². The summed E-state index contributed by atoms with van der Waals surface area (Å²) in [5.41, 5.74) is 1.65. The van der Waals surface area contributed by atoms with Crippen LogP contribution in [0.15, 0.2) is 41.3 Å². The molecule has 2 aromatic carbocycles. The predicted molar refractivity (Wildman–Crippen MR) is 105 cm³/mol. The van der Waals surface area contributed by atoms with E-state index in [4.69, 9.17) is 0 Å². The number of carbonyl (C=O) groups excluding carboxylic acids is 3. The second kappa shape index (κ2) is 6.70. The highest BCUT2D eigenvalue weighted by molar-refractivity contribution is 7.90. The average Bonchev–Trinajstić information content (AvgIpc) is 3.50. The number of fused-ring (bicyclic) bond motifs is 1. The van der Waals surface area contributed by atoms with E-state index in [1.54, 1.807) is 25.1 Å². The summed E-state index contributed by atoms with van der Waals surface area (Å²) < 4.78 is 26.4. The van der Waals surface area contributed by atoms with Gasteiger partial charge in [-0.1, -0.05) is 6.07 Å². The molecular weight excluding hydrogens is 394 g/mol. The number of hydrogen-bond donors (Lipinski definition) is 2. The lowest BCUT2D eigenvalue weighted by Gasteiger charge is -2.13. The van der Waals surface area contributed by atoms with E-state index in [2.05, 4.69) is 10.6 Å². The summed E-state index contributed by atoms with van der Waals surface area (Å²) in [6.07, 6.45) is 1.32. The van der Waals surface area contributed by atoms with Crippen LogP contribution in [0.2, 0.25) is 0 Å². The molecule has 0 radical (unpaired) electrons. The Bertz CT molecular complexity index is 1170. The van der Waals surface area contributed by atoms with E-state index in [0.717, 1.165) is 4.31 Å². The van der Waals surface area contributed by atoms with E-state index in [9.17, 15) is 22.8 Å². The number of nitrogens with zero attached hydrogens (tertiary/aromatic N) is 1. The van der Waals surface area contributed by atoms with Crippen molar-refractivity contribution in [2.24, 2.45) is 0 Å².